The zero-order valence-electron chi connectivity index (χ0n) is 12.8. The lowest BCUT2D eigenvalue weighted by Gasteiger charge is -2.33. The van der Waals surface area contributed by atoms with Gasteiger partial charge >= 0.3 is 0 Å². The van der Waals surface area contributed by atoms with Crippen LogP contribution in [-0.4, -0.2) is 49.1 Å². The van der Waals surface area contributed by atoms with E-state index in [0.29, 0.717) is 12.1 Å². The Bertz CT molecular complexity index is 661. The molecule has 0 spiro atoms. The Balaban J connectivity index is 1.88. The van der Waals surface area contributed by atoms with Crippen LogP contribution in [0.2, 0.25) is 0 Å². The van der Waals surface area contributed by atoms with Crippen LogP contribution in [0.1, 0.15) is 37.0 Å². The molecule has 1 fully saturated rings. The predicted octanol–water partition coefficient (Wildman–Crippen LogP) is 1.64. The summed E-state index contributed by atoms with van der Waals surface area (Å²) in [5.74, 6) is -0.0495. The Hall–Kier alpha value is -2.21. The Morgan fingerprint density at radius 2 is 2.23 bits per heavy atom. The van der Waals surface area contributed by atoms with Crippen LogP contribution in [0.15, 0.2) is 36.7 Å². The lowest BCUT2D eigenvalue weighted by atomic mass is 9.96. The molecule has 3 rings (SSSR count). The third kappa shape index (κ3) is 2.74. The maximum atomic E-state index is 12.8. The highest BCUT2D eigenvalue weighted by atomic mass is 16.3. The molecule has 2 aromatic rings. The van der Waals surface area contributed by atoms with Gasteiger partial charge in [0, 0.05) is 12.1 Å². The first-order valence-corrected chi connectivity index (χ1v) is 7.47. The van der Waals surface area contributed by atoms with Gasteiger partial charge in [0.2, 0.25) is 0 Å². The van der Waals surface area contributed by atoms with E-state index in [4.69, 9.17) is 0 Å². The van der Waals surface area contributed by atoms with Gasteiger partial charge in [-0.25, -0.2) is 4.68 Å². The number of amides is 1. The molecule has 0 radical (unpaired) electrons. The first kappa shape index (κ1) is 14.7. The van der Waals surface area contributed by atoms with Crippen molar-refractivity contribution in [2.24, 2.45) is 0 Å². The highest BCUT2D eigenvalue weighted by Crippen LogP contribution is 2.28. The van der Waals surface area contributed by atoms with Gasteiger partial charge in [0.1, 0.15) is 0 Å². The lowest BCUT2D eigenvalue weighted by molar-refractivity contribution is 0.000336. The van der Waals surface area contributed by atoms with Crippen LogP contribution < -0.4 is 0 Å². The van der Waals surface area contributed by atoms with Crippen LogP contribution in [0.3, 0.4) is 0 Å². The van der Waals surface area contributed by atoms with E-state index >= 15 is 0 Å². The van der Waals surface area contributed by atoms with E-state index in [1.54, 1.807) is 48.0 Å². The maximum Gasteiger partial charge on any atom is 0.254 e. The highest BCUT2D eigenvalue weighted by Gasteiger charge is 2.38. The molecule has 2 heterocycles. The summed E-state index contributed by atoms with van der Waals surface area (Å²) >= 11 is 0. The largest absolute Gasteiger partial charge is 0.388 e. The van der Waals surface area contributed by atoms with Crippen molar-refractivity contribution in [1.82, 2.24) is 19.9 Å². The fraction of sp³-hybridized carbons (Fsp3) is 0.438. The van der Waals surface area contributed by atoms with Gasteiger partial charge in [-0.15, -0.1) is 5.10 Å². The quantitative estimate of drug-likeness (QED) is 0.935. The minimum atomic E-state index is -0.893. The van der Waals surface area contributed by atoms with Crippen LogP contribution in [0.4, 0.5) is 0 Å². The summed E-state index contributed by atoms with van der Waals surface area (Å²) in [6.07, 6.45) is 5.08. The van der Waals surface area contributed by atoms with Gasteiger partial charge < -0.3 is 10.0 Å². The number of aliphatic hydroxyl groups is 1. The molecule has 6 nitrogen and oxygen atoms in total. The molecule has 1 aromatic carbocycles. The van der Waals surface area contributed by atoms with Crippen molar-refractivity contribution in [2.75, 3.05) is 6.54 Å². The molecule has 1 atom stereocenters. The van der Waals surface area contributed by atoms with Gasteiger partial charge in [0.25, 0.3) is 5.91 Å². The van der Waals surface area contributed by atoms with Crippen molar-refractivity contribution in [3.8, 4) is 5.69 Å². The fourth-order valence-electron chi connectivity index (χ4n) is 3.04. The van der Waals surface area contributed by atoms with E-state index in [9.17, 15) is 9.90 Å². The standard InChI is InChI=1S/C16H20N4O2/c1-16(2,22)14-7-4-9-19(14)15(21)12-5-3-6-13(11-12)20-10-8-17-18-20/h3,5-6,8,10-11,14,22H,4,7,9H2,1-2H3. The number of likely N-dealkylation sites (tertiary alicyclic amines) is 1. The zero-order chi connectivity index (χ0) is 15.7. The molecule has 1 amide bonds. The van der Waals surface area contributed by atoms with Crippen LogP contribution in [0, 0.1) is 0 Å². The van der Waals surface area contributed by atoms with E-state index in [-0.39, 0.29) is 11.9 Å². The Kier molecular flexibility index (Phi) is 3.70. The molecule has 116 valence electrons. The maximum absolute atomic E-state index is 12.8. The second-order valence-electron chi connectivity index (χ2n) is 6.21. The number of hydrogen-bond donors (Lipinski definition) is 1. The number of rotatable bonds is 3. The molecule has 0 bridgehead atoms. The number of benzene rings is 1. The van der Waals surface area contributed by atoms with Gasteiger partial charge in [0.15, 0.2) is 0 Å². The van der Waals surface area contributed by atoms with E-state index in [1.165, 1.54) is 0 Å². The van der Waals surface area contributed by atoms with Crippen molar-refractivity contribution >= 4 is 5.91 Å². The number of hydrogen-bond acceptors (Lipinski definition) is 4. The van der Waals surface area contributed by atoms with Crippen molar-refractivity contribution in [3.05, 3.63) is 42.2 Å². The predicted molar refractivity (Wildman–Crippen MR) is 81.7 cm³/mol. The number of nitrogens with zero attached hydrogens (tertiary/aromatic N) is 4. The summed E-state index contributed by atoms with van der Waals surface area (Å²) in [5.41, 5.74) is 0.502. The third-order valence-corrected chi connectivity index (χ3v) is 4.11. The molecule has 1 aliphatic rings. The summed E-state index contributed by atoms with van der Waals surface area (Å²) in [6, 6.07) is 7.16. The van der Waals surface area contributed by atoms with E-state index in [2.05, 4.69) is 10.3 Å². The summed E-state index contributed by atoms with van der Waals surface area (Å²) in [6.45, 7) is 4.20. The molecule has 22 heavy (non-hydrogen) atoms. The second-order valence-corrected chi connectivity index (χ2v) is 6.21. The Labute approximate surface area is 129 Å². The van der Waals surface area contributed by atoms with Crippen molar-refractivity contribution in [2.45, 2.75) is 38.3 Å². The summed E-state index contributed by atoms with van der Waals surface area (Å²) in [5, 5.41) is 18.0. The molecule has 6 heteroatoms. The molecular formula is C16H20N4O2. The molecule has 0 aliphatic carbocycles. The van der Waals surface area contributed by atoms with Crippen molar-refractivity contribution in [1.29, 1.82) is 0 Å². The molecule has 1 unspecified atom stereocenters. The van der Waals surface area contributed by atoms with Gasteiger partial charge in [0.05, 0.1) is 29.7 Å². The van der Waals surface area contributed by atoms with Crippen molar-refractivity contribution in [3.63, 3.8) is 0 Å². The Morgan fingerprint density at radius 1 is 1.41 bits per heavy atom. The Morgan fingerprint density at radius 3 is 2.91 bits per heavy atom. The van der Waals surface area contributed by atoms with Crippen molar-refractivity contribution < 1.29 is 9.90 Å². The van der Waals surface area contributed by atoms with Gasteiger partial charge in [-0.05, 0) is 44.9 Å². The molecule has 1 aromatic heterocycles. The summed E-state index contributed by atoms with van der Waals surface area (Å²) < 4.78 is 1.62. The van der Waals surface area contributed by atoms with E-state index in [0.717, 1.165) is 18.5 Å². The monoisotopic (exact) mass is 300 g/mol. The van der Waals surface area contributed by atoms with Gasteiger partial charge in [-0.1, -0.05) is 11.3 Å². The van der Waals surface area contributed by atoms with Gasteiger partial charge in [-0.2, -0.15) is 0 Å². The van der Waals surface area contributed by atoms with Crippen LogP contribution >= 0.6 is 0 Å². The summed E-state index contributed by atoms with van der Waals surface area (Å²) in [7, 11) is 0. The minimum Gasteiger partial charge on any atom is -0.388 e. The molecular weight excluding hydrogens is 280 g/mol. The lowest BCUT2D eigenvalue weighted by Crippen LogP contribution is -2.48. The molecule has 0 saturated carbocycles. The second kappa shape index (κ2) is 5.53. The van der Waals surface area contributed by atoms with Crippen LogP contribution in [-0.2, 0) is 0 Å². The smallest absolute Gasteiger partial charge is 0.254 e. The minimum absolute atomic E-state index is 0.0495. The number of carbonyl (C=O) groups is 1. The topological polar surface area (TPSA) is 71.2 Å². The van der Waals surface area contributed by atoms with E-state index in [1.807, 2.05) is 12.1 Å². The molecule has 1 aliphatic heterocycles. The average molecular weight is 300 g/mol. The highest BCUT2D eigenvalue weighted by molar-refractivity contribution is 5.95. The average Bonchev–Trinajstić information content (AvgIpc) is 3.17. The summed E-state index contributed by atoms with van der Waals surface area (Å²) in [4.78, 5) is 14.6. The van der Waals surface area contributed by atoms with E-state index < -0.39 is 5.60 Å². The first-order chi connectivity index (χ1) is 10.5. The first-order valence-electron chi connectivity index (χ1n) is 7.47. The zero-order valence-corrected chi connectivity index (χ0v) is 12.8. The SMILES string of the molecule is CC(C)(O)C1CCCN1C(=O)c1cccc(-n2ccnn2)c1. The van der Waals surface area contributed by atoms with Gasteiger partial charge in [-0.3, -0.25) is 4.79 Å². The fourth-order valence-corrected chi connectivity index (χ4v) is 3.04. The number of aromatic nitrogens is 3. The number of carbonyl (C=O) groups excluding carboxylic acids is 1. The van der Waals surface area contributed by atoms with Crippen LogP contribution in [0.25, 0.3) is 5.69 Å². The van der Waals surface area contributed by atoms with Crippen LogP contribution in [0.5, 0.6) is 0 Å². The molecule has 1 saturated heterocycles. The molecule has 1 N–H and O–H groups in total. The normalized spacial score (nSPS) is 18.7. The third-order valence-electron chi connectivity index (χ3n) is 4.11.